The van der Waals surface area contributed by atoms with Crippen LogP contribution in [0.1, 0.15) is 11.1 Å². The van der Waals surface area contributed by atoms with Crippen molar-refractivity contribution in [3.63, 3.8) is 0 Å². The predicted octanol–water partition coefficient (Wildman–Crippen LogP) is 3.87. The highest BCUT2D eigenvalue weighted by molar-refractivity contribution is 9.10. The molecule has 0 atom stereocenters. The minimum Gasteiger partial charge on any atom is -0.383 e. The molecule has 1 heterocycles. The van der Waals surface area contributed by atoms with Crippen molar-refractivity contribution < 1.29 is 4.74 Å². The SMILES string of the molecule is COCCNCc1cccc(SCc2cncc(Br)c2)c1. The number of thioether (sulfide) groups is 1. The second-order valence-electron chi connectivity index (χ2n) is 4.62. The van der Waals surface area contributed by atoms with Crippen LogP contribution < -0.4 is 5.32 Å². The molecule has 0 aliphatic heterocycles. The van der Waals surface area contributed by atoms with Crippen LogP contribution in [-0.2, 0) is 17.0 Å². The molecule has 3 nitrogen and oxygen atoms in total. The predicted molar refractivity (Wildman–Crippen MR) is 91.5 cm³/mol. The number of ether oxygens (including phenoxy) is 1. The van der Waals surface area contributed by atoms with Crippen LogP contribution >= 0.6 is 27.7 Å². The molecule has 112 valence electrons. The number of hydrogen-bond acceptors (Lipinski definition) is 4. The Hall–Kier alpha value is -0.880. The number of aromatic nitrogens is 1. The Morgan fingerprint density at radius 3 is 2.95 bits per heavy atom. The van der Waals surface area contributed by atoms with Crippen molar-refractivity contribution in [1.29, 1.82) is 0 Å². The highest BCUT2D eigenvalue weighted by Gasteiger charge is 2.00. The zero-order valence-corrected chi connectivity index (χ0v) is 14.4. The number of pyridine rings is 1. The third kappa shape index (κ3) is 6.18. The van der Waals surface area contributed by atoms with E-state index in [0.29, 0.717) is 0 Å². The van der Waals surface area contributed by atoms with E-state index in [0.717, 1.165) is 29.9 Å². The Labute approximate surface area is 138 Å². The van der Waals surface area contributed by atoms with E-state index in [2.05, 4.69) is 56.6 Å². The molecule has 0 amide bonds. The zero-order chi connectivity index (χ0) is 14.9. The molecular formula is C16H19BrN2OS. The van der Waals surface area contributed by atoms with Gasteiger partial charge in [-0.3, -0.25) is 4.98 Å². The summed E-state index contributed by atoms with van der Waals surface area (Å²) >= 11 is 5.28. The topological polar surface area (TPSA) is 34.1 Å². The van der Waals surface area contributed by atoms with Crippen LogP contribution in [0.4, 0.5) is 0 Å². The molecule has 0 radical (unpaired) electrons. The van der Waals surface area contributed by atoms with E-state index in [1.165, 1.54) is 16.0 Å². The fourth-order valence-electron chi connectivity index (χ4n) is 1.85. The lowest BCUT2D eigenvalue weighted by atomic mass is 10.2. The summed E-state index contributed by atoms with van der Waals surface area (Å²) in [5, 5.41) is 3.36. The second-order valence-corrected chi connectivity index (χ2v) is 6.58. The van der Waals surface area contributed by atoms with Crippen molar-refractivity contribution in [3.05, 3.63) is 58.3 Å². The summed E-state index contributed by atoms with van der Waals surface area (Å²) in [6.45, 7) is 2.48. The minimum atomic E-state index is 0.740. The van der Waals surface area contributed by atoms with Gasteiger partial charge in [0.15, 0.2) is 0 Å². The van der Waals surface area contributed by atoms with Crippen LogP contribution in [0.5, 0.6) is 0 Å². The lowest BCUT2D eigenvalue weighted by molar-refractivity contribution is 0.199. The van der Waals surface area contributed by atoms with Gasteiger partial charge >= 0.3 is 0 Å². The summed E-state index contributed by atoms with van der Waals surface area (Å²) in [6, 6.07) is 10.7. The molecule has 0 saturated heterocycles. The fraction of sp³-hybridized carbons (Fsp3) is 0.312. The first-order valence-electron chi connectivity index (χ1n) is 6.79. The second kappa shape index (κ2) is 9.20. The van der Waals surface area contributed by atoms with Crippen LogP contribution in [0.3, 0.4) is 0 Å². The average molecular weight is 367 g/mol. The van der Waals surface area contributed by atoms with Crippen molar-refractivity contribution in [1.82, 2.24) is 10.3 Å². The zero-order valence-electron chi connectivity index (χ0n) is 12.0. The Kier molecular flexibility index (Phi) is 7.23. The Morgan fingerprint density at radius 2 is 2.14 bits per heavy atom. The molecule has 0 spiro atoms. The molecule has 21 heavy (non-hydrogen) atoms. The number of nitrogens with one attached hydrogen (secondary N) is 1. The Morgan fingerprint density at radius 1 is 1.24 bits per heavy atom. The van der Waals surface area contributed by atoms with Gasteiger partial charge in [-0.05, 0) is 45.3 Å². The summed E-state index contributed by atoms with van der Waals surface area (Å²) in [7, 11) is 1.72. The number of methoxy groups -OCH3 is 1. The van der Waals surface area contributed by atoms with Gasteiger partial charge in [0.2, 0.25) is 0 Å². The maximum Gasteiger partial charge on any atom is 0.0587 e. The van der Waals surface area contributed by atoms with Crippen molar-refractivity contribution in [2.45, 2.75) is 17.2 Å². The fourth-order valence-corrected chi connectivity index (χ4v) is 3.17. The quantitative estimate of drug-likeness (QED) is 0.567. The van der Waals surface area contributed by atoms with Crippen LogP contribution in [0, 0.1) is 0 Å². The molecular weight excluding hydrogens is 348 g/mol. The van der Waals surface area contributed by atoms with Gasteiger partial charge in [-0.1, -0.05) is 12.1 Å². The first kappa shape index (κ1) is 16.5. The van der Waals surface area contributed by atoms with Gasteiger partial charge in [0.05, 0.1) is 6.61 Å². The first-order chi connectivity index (χ1) is 10.3. The van der Waals surface area contributed by atoms with Crippen LogP contribution in [0.15, 0.2) is 52.1 Å². The summed E-state index contributed by atoms with van der Waals surface area (Å²) in [5.74, 6) is 0.924. The summed E-state index contributed by atoms with van der Waals surface area (Å²) < 4.78 is 6.05. The van der Waals surface area contributed by atoms with Crippen molar-refractivity contribution in [2.24, 2.45) is 0 Å². The number of benzene rings is 1. The molecule has 5 heteroatoms. The highest BCUT2D eigenvalue weighted by Crippen LogP contribution is 2.24. The van der Waals surface area contributed by atoms with Gasteiger partial charge < -0.3 is 10.1 Å². The van der Waals surface area contributed by atoms with Gasteiger partial charge in [0.25, 0.3) is 0 Å². The lowest BCUT2D eigenvalue weighted by Gasteiger charge is -2.07. The normalized spacial score (nSPS) is 10.8. The van der Waals surface area contributed by atoms with Gasteiger partial charge in [-0.2, -0.15) is 0 Å². The molecule has 1 aromatic carbocycles. The van der Waals surface area contributed by atoms with E-state index in [1.54, 1.807) is 13.3 Å². The highest BCUT2D eigenvalue weighted by atomic mass is 79.9. The van der Waals surface area contributed by atoms with Crippen molar-refractivity contribution in [3.8, 4) is 0 Å². The van der Waals surface area contributed by atoms with E-state index in [9.17, 15) is 0 Å². The smallest absolute Gasteiger partial charge is 0.0587 e. The van der Waals surface area contributed by atoms with Crippen LogP contribution in [-0.4, -0.2) is 25.2 Å². The van der Waals surface area contributed by atoms with Crippen LogP contribution in [0.2, 0.25) is 0 Å². The summed E-state index contributed by atoms with van der Waals surface area (Å²) in [6.07, 6.45) is 3.72. The molecule has 1 N–H and O–H groups in total. The Bertz CT molecular complexity index is 565. The monoisotopic (exact) mass is 366 g/mol. The van der Waals surface area contributed by atoms with Crippen molar-refractivity contribution >= 4 is 27.7 Å². The third-order valence-corrected chi connectivity index (χ3v) is 4.38. The molecule has 0 aliphatic rings. The summed E-state index contributed by atoms with van der Waals surface area (Å²) in [4.78, 5) is 5.47. The van der Waals surface area contributed by atoms with Crippen LogP contribution in [0.25, 0.3) is 0 Å². The maximum absolute atomic E-state index is 5.02. The van der Waals surface area contributed by atoms with Gasteiger partial charge in [-0.25, -0.2) is 0 Å². The van der Waals surface area contributed by atoms with E-state index in [-0.39, 0.29) is 0 Å². The lowest BCUT2D eigenvalue weighted by Crippen LogP contribution is -2.18. The van der Waals surface area contributed by atoms with Gasteiger partial charge in [-0.15, -0.1) is 11.8 Å². The van der Waals surface area contributed by atoms with Crippen molar-refractivity contribution in [2.75, 3.05) is 20.3 Å². The molecule has 0 saturated carbocycles. The molecule has 2 rings (SSSR count). The third-order valence-electron chi connectivity index (χ3n) is 2.88. The van der Waals surface area contributed by atoms with E-state index < -0.39 is 0 Å². The molecule has 0 fully saturated rings. The van der Waals surface area contributed by atoms with E-state index in [4.69, 9.17) is 4.74 Å². The first-order valence-corrected chi connectivity index (χ1v) is 8.56. The molecule has 0 aliphatic carbocycles. The minimum absolute atomic E-state index is 0.740. The maximum atomic E-state index is 5.02. The largest absolute Gasteiger partial charge is 0.383 e. The molecule has 2 aromatic rings. The summed E-state index contributed by atoms with van der Waals surface area (Å²) in [5.41, 5.74) is 2.52. The molecule has 1 aromatic heterocycles. The van der Waals surface area contributed by atoms with E-state index >= 15 is 0 Å². The molecule has 0 bridgehead atoms. The average Bonchev–Trinajstić information content (AvgIpc) is 2.50. The number of nitrogens with zero attached hydrogens (tertiary/aromatic N) is 1. The van der Waals surface area contributed by atoms with E-state index in [1.807, 2.05) is 18.0 Å². The standard InChI is InChI=1S/C16H19BrN2OS/c1-20-6-5-18-9-13-3-2-4-16(8-13)21-12-14-7-15(17)11-19-10-14/h2-4,7-8,10-11,18H,5-6,9,12H2,1H3. The molecule has 0 unspecified atom stereocenters. The number of halogens is 1. The van der Waals surface area contributed by atoms with Gasteiger partial charge in [0, 0.05) is 47.7 Å². The Balaban J connectivity index is 1.86. The number of hydrogen-bond donors (Lipinski definition) is 1. The van der Waals surface area contributed by atoms with Gasteiger partial charge in [0.1, 0.15) is 0 Å². The number of rotatable bonds is 8.